The van der Waals surface area contributed by atoms with E-state index in [0.717, 1.165) is 0 Å². The molecule has 0 aromatic carbocycles. The standard InChI is InChI=1S/C10H18ClN3O8/c1-21-9-6(17)4(15)5(16)7(22-9)8(18)12-10(19)14(13-20)3-2-11/h4-9,15-18H,2-3H2,1H3,(H,12,19)/t4-,5-,6+,7-,8?,9-/m0/s1. The van der Waals surface area contributed by atoms with Crippen LogP contribution in [0, 0.1) is 4.91 Å². The lowest BCUT2D eigenvalue weighted by atomic mass is 9.98. The fourth-order valence-electron chi connectivity index (χ4n) is 1.87. The highest BCUT2D eigenvalue weighted by molar-refractivity contribution is 6.18. The zero-order valence-electron chi connectivity index (χ0n) is 11.6. The first-order chi connectivity index (χ1) is 10.4. The lowest BCUT2D eigenvalue weighted by molar-refractivity contribution is -0.305. The molecule has 128 valence electrons. The zero-order chi connectivity index (χ0) is 16.9. The topological polar surface area (TPSA) is 161 Å². The molecule has 1 saturated heterocycles. The van der Waals surface area contributed by atoms with E-state index in [1.165, 1.54) is 7.11 Å². The molecule has 11 nitrogen and oxygen atoms in total. The molecule has 2 amide bonds. The number of aliphatic hydroxyl groups excluding tert-OH is 4. The number of nitroso groups, excluding NO2 is 1. The molecular weight excluding hydrogens is 326 g/mol. The number of carbonyl (C=O) groups excluding carboxylic acids is 1. The van der Waals surface area contributed by atoms with Crippen molar-refractivity contribution in [3.05, 3.63) is 4.91 Å². The minimum absolute atomic E-state index is 0.0610. The highest BCUT2D eigenvalue weighted by atomic mass is 35.5. The quantitative estimate of drug-likeness (QED) is 0.155. The maximum atomic E-state index is 11.6. The maximum Gasteiger partial charge on any atom is 0.342 e. The Hall–Kier alpha value is -1.08. The summed E-state index contributed by atoms with van der Waals surface area (Å²) in [5.74, 6) is -0.0610. The van der Waals surface area contributed by atoms with Gasteiger partial charge in [-0.05, 0) is 0 Å². The van der Waals surface area contributed by atoms with Gasteiger partial charge in [-0.3, -0.25) is 0 Å². The number of ether oxygens (including phenoxy) is 2. The van der Waals surface area contributed by atoms with Gasteiger partial charge in [-0.15, -0.1) is 16.5 Å². The summed E-state index contributed by atoms with van der Waals surface area (Å²) in [7, 11) is 1.18. The molecule has 5 N–H and O–H groups in total. The molecule has 1 rings (SSSR count). The number of halogens is 1. The van der Waals surface area contributed by atoms with E-state index < -0.39 is 43.0 Å². The first-order valence-electron chi connectivity index (χ1n) is 6.25. The number of alkyl halides is 1. The van der Waals surface area contributed by atoms with Crippen molar-refractivity contribution >= 4 is 17.6 Å². The Bertz CT molecular complexity index is 387. The number of methoxy groups -OCH3 is 1. The molecule has 12 heteroatoms. The minimum Gasteiger partial charge on any atom is -0.387 e. The average molecular weight is 344 g/mol. The molecule has 0 aromatic heterocycles. The maximum absolute atomic E-state index is 11.6. The van der Waals surface area contributed by atoms with Crippen LogP contribution in [0.1, 0.15) is 0 Å². The number of urea groups is 1. The van der Waals surface area contributed by atoms with E-state index in [2.05, 4.69) is 5.29 Å². The van der Waals surface area contributed by atoms with E-state index in [1.807, 2.05) is 5.32 Å². The van der Waals surface area contributed by atoms with Crippen LogP contribution in [0.4, 0.5) is 4.79 Å². The van der Waals surface area contributed by atoms with Crippen molar-refractivity contribution in [1.29, 1.82) is 0 Å². The monoisotopic (exact) mass is 343 g/mol. The molecule has 0 bridgehead atoms. The van der Waals surface area contributed by atoms with Gasteiger partial charge in [0.1, 0.15) is 24.4 Å². The Labute approximate surface area is 130 Å². The van der Waals surface area contributed by atoms with Crippen LogP contribution in [-0.4, -0.2) is 87.9 Å². The SMILES string of the molecule is CO[C@H]1O[C@H](C(O)NC(=O)N(CCCl)N=O)[C@@H](O)[C@H](O)[C@H]1O. The number of rotatable bonds is 6. The molecule has 1 fully saturated rings. The Balaban J connectivity index is 2.72. The van der Waals surface area contributed by atoms with Crippen LogP contribution in [0.5, 0.6) is 0 Å². The second-order valence-electron chi connectivity index (χ2n) is 4.46. The summed E-state index contributed by atoms with van der Waals surface area (Å²) in [6.07, 6.45) is -9.54. The van der Waals surface area contributed by atoms with Gasteiger partial charge in [0, 0.05) is 13.0 Å². The zero-order valence-corrected chi connectivity index (χ0v) is 12.3. The van der Waals surface area contributed by atoms with Gasteiger partial charge in [0.25, 0.3) is 0 Å². The molecule has 0 saturated carbocycles. The molecular formula is C10H18ClN3O8. The molecule has 1 heterocycles. The molecule has 1 unspecified atom stereocenters. The van der Waals surface area contributed by atoms with Gasteiger partial charge in [0.15, 0.2) is 12.5 Å². The van der Waals surface area contributed by atoms with Crippen LogP contribution in [0.3, 0.4) is 0 Å². The highest BCUT2D eigenvalue weighted by Gasteiger charge is 2.47. The summed E-state index contributed by atoms with van der Waals surface area (Å²) < 4.78 is 9.82. The van der Waals surface area contributed by atoms with Crippen LogP contribution >= 0.6 is 11.6 Å². The second-order valence-corrected chi connectivity index (χ2v) is 4.84. The minimum atomic E-state index is -1.80. The van der Waals surface area contributed by atoms with Crippen molar-refractivity contribution in [1.82, 2.24) is 10.3 Å². The number of hydrogen-bond acceptors (Lipinski definition) is 9. The van der Waals surface area contributed by atoms with E-state index in [9.17, 15) is 30.1 Å². The van der Waals surface area contributed by atoms with Gasteiger partial charge in [-0.2, -0.15) is 5.01 Å². The molecule has 0 aromatic rings. The van der Waals surface area contributed by atoms with Crippen LogP contribution in [0.25, 0.3) is 0 Å². The third kappa shape index (κ3) is 4.23. The van der Waals surface area contributed by atoms with Crippen molar-refractivity contribution in [3.8, 4) is 0 Å². The Morgan fingerprint density at radius 3 is 2.55 bits per heavy atom. The predicted molar refractivity (Wildman–Crippen MR) is 71.4 cm³/mol. The summed E-state index contributed by atoms with van der Waals surface area (Å²) in [4.78, 5) is 22.1. The molecule has 22 heavy (non-hydrogen) atoms. The third-order valence-corrected chi connectivity index (χ3v) is 3.22. The third-order valence-electron chi connectivity index (χ3n) is 3.05. The Morgan fingerprint density at radius 1 is 1.41 bits per heavy atom. The second kappa shape index (κ2) is 8.53. The van der Waals surface area contributed by atoms with E-state index in [1.54, 1.807) is 0 Å². The van der Waals surface area contributed by atoms with Crippen molar-refractivity contribution in [2.45, 2.75) is 36.9 Å². The first kappa shape index (κ1) is 19.0. The largest absolute Gasteiger partial charge is 0.387 e. The number of nitrogens with one attached hydrogen (secondary N) is 1. The number of amides is 2. The van der Waals surface area contributed by atoms with Crippen molar-refractivity contribution in [2.24, 2.45) is 5.29 Å². The molecule has 6 atom stereocenters. The smallest absolute Gasteiger partial charge is 0.342 e. The summed E-state index contributed by atoms with van der Waals surface area (Å²) in [5.41, 5.74) is 0. The molecule has 0 aliphatic carbocycles. The predicted octanol–water partition coefficient (Wildman–Crippen LogP) is -2.31. The molecule has 0 radical (unpaired) electrons. The molecule has 1 aliphatic heterocycles. The van der Waals surface area contributed by atoms with Gasteiger partial charge in [-0.1, -0.05) is 0 Å². The van der Waals surface area contributed by atoms with Gasteiger partial charge in [0.05, 0.1) is 11.8 Å². The molecule has 1 aliphatic rings. The fraction of sp³-hybridized carbons (Fsp3) is 0.900. The van der Waals surface area contributed by atoms with Crippen LogP contribution < -0.4 is 5.32 Å². The van der Waals surface area contributed by atoms with Gasteiger partial charge >= 0.3 is 6.03 Å². The van der Waals surface area contributed by atoms with Crippen molar-refractivity contribution < 1.29 is 34.7 Å². The fourth-order valence-corrected chi connectivity index (χ4v) is 2.03. The van der Waals surface area contributed by atoms with Crippen LogP contribution in [-0.2, 0) is 9.47 Å². The lowest BCUT2D eigenvalue weighted by Gasteiger charge is -2.41. The van der Waals surface area contributed by atoms with Crippen LogP contribution in [0.15, 0.2) is 5.29 Å². The van der Waals surface area contributed by atoms with E-state index in [-0.39, 0.29) is 12.4 Å². The van der Waals surface area contributed by atoms with E-state index in [0.29, 0.717) is 5.01 Å². The number of nitrogens with zero attached hydrogens (tertiary/aromatic N) is 2. The summed E-state index contributed by atoms with van der Waals surface area (Å²) >= 11 is 5.38. The summed E-state index contributed by atoms with van der Waals surface area (Å²) in [6.45, 7) is -0.195. The lowest BCUT2D eigenvalue weighted by Crippen LogP contribution is -2.64. The normalized spacial score (nSPS) is 33.1. The highest BCUT2D eigenvalue weighted by Crippen LogP contribution is 2.23. The number of aliphatic hydroxyl groups is 4. The van der Waals surface area contributed by atoms with E-state index in [4.69, 9.17) is 21.1 Å². The number of hydrogen-bond donors (Lipinski definition) is 5. The first-order valence-corrected chi connectivity index (χ1v) is 6.78. The number of carbonyl (C=O) groups is 1. The Kier molecular flexibility index (Phi) is 7.35. The Morgan fingerprint density at radius 2 is 2.05 bits per heavy atom. The summed E-state index contributed by atoms with van der Waals surface area (Å²) in [5, 5.41) is 43.7. The summed E-state index contributed by atoms with van der Waals surface area (Å²) in [6, 6.07) is -1.08. The van der Waals surface area contributed by atoms with Crippen LogP contribution in [0.2, 0.25) is 0 Å². The van der Waals surface area contributed by atoms with Gasteiger partial charge in [-0.25, -0.2) is 4.79 Å². The van der Waals surface area contributed by atoms with Gasteiger partial charge < -0.3 is 35.2 Å². The van der Waals surface area contributed by atoms with Gasteiger partial charge in [0.2, 0.25) is 0 Å². The molecule has 0 spiro atoms. The average Bonchev–Trinajstić information content (AvgIpc) is 2.50. The van der Waals surface area contributed by atoms with E-state index >= 15 is 0 Å². The van der Waals surface area contributed by atoms with Crippen molar-refractivity contribution in [3.63, 3.8) is 0 Å². The van der Waals surface area contributed by atoms with Crippen molar-refractivity contribution in [2.75, 3.05) is 19.5 Å².